The summed E-state index contributed by atoms with van der Waals surface area (Å²) in [6.45, 7) is 8.89. The standard InChI is InChI=1S/C15H21N3S/c1-10-6-14(12(3)19-10)11(2)18-9-17-8-15(18)13-4-5-16-7-13/h6,8-9,11,13,16H,4-5,7H2,1-3H3. The zero-order chi connectivity index (χ0) is 13.4. The minimum atomic E-state index is 0.378. The Kier molecular flexibility index (Phi) is 3.46. The molecule has 0 radical (unpaired) electrons. The SMILES string of the molecule is Cc1cc(C(C)n2cncc2C2CCNC2)c(C)s1. The van der Waals surface area contributed by atoms with E-state index in [-0.39, 0.29) is 0 Å². The third-order valence-electron chi connectivity index (χ3n) is 4.12. The first-order chi connectivity index (χ1) is 9.16. The quantitative estimate of drug-likeness (QED) is 0.932. The molecule has 0 saturated carbocycles. The third kappa shape index (κ3) is 2.35. The fraction of sp³-hybridized carbons (Fsp3) is 0.533. The first kappa shape index (κ1) is 12.9. The molecule has 102 valence electrons. The molecule has 3 heterocycles. The number of thiophene rings is 1. The van der Waals surface area contributed by atoms with E-state index in [0.29, 0.717) is 12.0 Å². The average molecular weight is 275 g/mol. The summed E-state index contributed by atoms with van der Waals surface area (Å²) in [7, 11) is 0. The summed E-state index contributed by atoms with van der Waals surface area (Å²) in [6.07, 6.45) is 5.26. The number of nitrogens with zero attached hydrogens (tertiary/aromatic N) is 2. The predicted molar refractivity (Wildman–Crippen MR) is 80.1 cm³/mol. The van der Waals surface area contributed by atoms with Crippen molar-refractivity contribution in [2.24, 2.45) is 0 Å². The van der Waals surface area contributed by atoms with Crippen LogP contribution in [-0.4, -0.2) is 22.6 Å². The highest BCUT2D eigenvalue weighted by Crippen LogP contribution is 2.32. The summed E-state index contributed by atoms with van der Waals surface area (Å²) in [5.74, 6) is 0.616. The fourth-order valence-electron chi connectivity index (χ4n) is 3.08. The number of rotatable bonds is 3. The van der Waals surface area contributed by atoms with Gasteiger partial charge in [-0.15, -0.1) is 11.3 Å². The third-order valence-corrected chi connectivity index (χ3v) is 5.10. The molecule has 0 spiro atoms. The van der Waals surface area contributed by atoms with E-state index in [1.54, 1.807) is 0 Å². The lowest BCUT2D eigenvalue weighted by Crippen LogP contribution is -2.14. The lowest BCUT2D eigenvalue weighted by Gasteiger charge is -2.19. The molecule has 0 amide bonds. The first-order valence-corrected chi connectivity index (χ1v) is 7.78. The van der Waals surface area contributed by atoms with E-state index in [1.807, 2.05) is 23.9 Å². The molecule has 3 rings (SSSR count). The van der Waals surface area contributed by atoms with Gasteiger partial charge in [0.1, 0.15) is 0 Å². The van der Waals surface area contributed by atoms with E-state index in [1.165, 1.54) is 27.4 Å². The van der Waals surface area contributed by atoms with Crippen LogP contribution in [0.1, 0.15) is 46.3 Å². The minimum absolute atomic E-state index is 0.378. The molecule has 0 aliphatic carbocycles. The van der Waals surface area contributed by atoms with Crippen LogP contribution in [0.15, 0.2) is 18.6 Å². The summed E-state index contributed by atoms with van der Waals surface area (Å²) >= 11 is 1.89. The van der Waals surface area contributed by atoms with Gasteiger partial charge in [0.05, 0.1) is 12.4 Å². The van der Waals surface area contributed by atoms with Gasteiger partial charge < -0.3 is 9.88 Å². The Hall–Kier alpha value is -1.13. The summed E-state index contributed by atoms with van der Waals surface area (Å²) in [6, 6.07) is 2.70. The maximum Gasteiger partial charge on any atom is 0.0953 e. The number of aryl methyl sites for hydroxylation is 2. The molecule has 3 nitrogen and oxygen atoms in total. The van der Waals surface area contributed by atoms with Crippen LogP contribution in [-0.2, 0) is 0 Å². The van der Waals surface area contributed by atoms with Crippen LogP contribution in [0.3, 0.4) is 0 Å². The van der Waals surface area contributed by atoms with Crippen molar-refractivity contribution in [2.45, 2.75) is 39.2 Å². The molecule has 4 heteroatoms. The van der Waals surface area contributed by atoms with E-state index in [9.17, 15) is 0 Å². The van der Waals surface area contributed by atoms with Gasteiger partial charge in [0.2, 0.25) is 0 Å². The van der Waals surface area contributed by atoms with Gasteiger partial charge >= 0.3 is 0 Å². The molecule has 0 bridgehead atoms. The molecule has 1 aliphatic rings. The summed E-state index contributed by atoms with van der Waals surface area (Å²) < 4.78 is 2.35. The zero-order valence-corrected chi connectivity index (χ0v) is 12.6. The maximum absolute atomic E-state index is 4.39. The minimum Gasteiger partial charge on any atom is -0.327 e. The van der Waals surface area contributed by atoms with Gasteiger partial charge in [0.25, 0.3) is 0 Å². The van der Waals surface area contributed by atoms with Gasteiger partial charge in [0, 0.05) is 34.1 Å². The highest BCUT2D eigenvalue weighted by molar-refractivity contribution is 7.12. The molecule has 19 heavy (non-hydrogen) atoms. The van der Waals surface area contributed by atoms with E-state index < -0.39 is 0 Å². The molecule has 1 fully saturated rings. The molecule has 2 unspecified atom stereocenters. The molecule has 2 aromatic heterocycles. The second-order valence-corrected chi connectivity index (χ2v) is 6.92. The maximum atomic E-state index is 4.39. The fourth-order valence-corrected chi connectivity index (χ4v) is 4.09. The van der Waals surface area contributed by atoms with Crippen molar-refractivity contribution in [1.82, 2.24) is 14.9 Å². The van der Waals surface area contributed by atoms with Crippen LogP contribution in [0, 0.1) is 13.8 Å². The second-order valence-electron chi connectivity index (χ2n) is 5.46. The van der Waals surface area contributed by atoms with Crippen LogP contribution in [0.4, 0.5) is 0 Å². The molecule has 1 aliphatic heterocycles. The van der Waals surface area contributed by atoms with E-state index in [0.717, 1.165) is 13.1 Å². The predicted octanol–water partition coefficient (Wildman–Crippen LogP) is 3.25. The van der Waals surface area contributed by atoms with Crippen LogP contribution in [0.2, 0.25) is 0 Å². The average Bonchev–Trinajstić information content (AvgIpc) is 3.06. The Bertz CT molecular complexity index is 564. The zero-order valence-electron chi connectivity index (χ0n) is 11.8. The highest BCUT2D eigenvalue weighted by atomic mass is 32.1. The van der Waals surface area contributed by atoms with E-state index in [2.05, 4.69) is 41.7 Å². The van der Waals surface area contributed by atoms with Crippen LogP contribution in [0.5, 0.6) is 0 Å². The lowest BCUT2D eigenvalue weighted by atomic mass is 10.0. The van der Waals surface area contributed by atoms with Crippen LogP contribution < -0.4 is 5.32 Å². The number of hydrogen-bond donors (Lipinski definition) is 1. The van der Waals surface area contributed by atoms with Crippen LogP contribution in [0.25, 0.3) is 0 Å². The number of aromatic nitrogens is 2. The van der Waals surface area contributed by atoms with Crippen molar-refractivity contribution >= 4 is 11.3 Å². The van der Waals surface area contributed by atoms with Gasteiger partial charge in [-0.05, 0) is 45.4 Å². The number of nitrogens with one attached hydrogen (secondary N) is 1. The Morgan fingerprint density at radius 2 is 2.32 bits per heavy atom. The molecule has 0 aromatic carbocycles. The van der Waals surface area contributed by atoms with E-state index >= 15 is 0 Å². The van der Waals surface area contributed by atoms with Crippen molar-refractivity contribution in [3.63, 3.8) is 0 Å². The van der Waals surface area contributed by atoms with E-state index in [4.69, 9.17) is 0 Å². The summed E-state index contributed by atoms with van der Waals surface area (Å²) in [4.78, 5) is 7.21. The molecular weight excluding hydrogens is 254 g/mol. The van der Waals surface area contributed by atoms with Gasteiger partial charge in [-0.1, -0.05) is 0 Å². The molecule has 2 aromatic rings. The second kappa shape index (κ2) is 5.10. The number of imidazole rings is 1. The largest absolute Gasteiger partial charge is 0.327 e. The topological polar surface area (TPSA) is 29.9 Å². The van der Waals surface area contributed by atoms with Gasteiger partial charge in [-0.2, -0.15) is 0 Å². The molecule has 1 N–H and O–H groups in total. The summed E-state index contributed by atoms with van der Waals surface area (Å²) in [5, 5.41) is 3.44. The van der Waals surface area contributed by atoms with Crippen molar-refractivity contribution in [2.75, 3.05) is 13.1 Å². The molecule has 1 saturated heterocycles. The Morgan fingerprint density at radius 3 is 2.95 bits per heavy atom. The normalized spacial score (nSPS) is 20.9. The Labute approximate surface area is 118 Å². The Morgan fingerprint density at radius 1 is 1.47 bits per heavy atom. The van der Waals surface area contributed by atoms with Crippen molar-refractivity contribution < 1.29 is 0 Å². The van der Waals surface area contributed by atoms with Crippen molar-refractivity contribution in [1.29, 1.82) is 0 Å². The van der Waals surface area contributed by atoms with Gasteiger partial charge in [-0.3, -0.25) is 0 Å². The molecule has 2 atom stereocenters. The number of hydrogen-bond acceptors (Lipinski definition) is 3. The Balaban J connectivity index is 1.93. The molecular formula is C15H21N3S. The highest BCUT2D eigenvalue weighted by Gasteiger charge is 2.23. The van der Waals surface area contributed by atoms with Gasteiger partial charge in [0.15, 0.2) is 0 Å². The monoisotopic (exact) mass is 275 g/mol. The first-order valence-electron chi connectivity index (χ1n) is 6.96. The van der Waals surface area contributed by atoms with Gasteiger partial charge in [-0.25, -0.2) is 4.98 Å². The smallest absolute Gasteiger partial charge is 0.0953 e. The summed E-state index contributed by atoms with van der Waals surface area (Å²) in [5.41, 5.74) is 2.81. The lowest BCUT2D eigenvalue weighted by molar-refractivity contribution is 0.574. The van der Waals surface area contributed by atoms with Crippen molar-refractivity contribution in [3.8, 4) is 0 Å². The van der Waals surface area contributed by atoms with Crippen molar-refractivity contribution in [3.05, 3.63) is 39.6 Å². The van der Waals surface area contributed by atoms with Crippen LogP contribution >= 0.6 is 11.3 Å².